The van der Waals surface area contributed by atoms with Gasteiger partial charge in [-0.05, 0) is 36.0 Å². The summed E-state index contributed by atoms with van der Waals surface area (Å²) in [6, 6.07) is 10.1. The van der Waals surface area contributed by atoms with Crippen LogP contribution < -0.4 is 0 Å². The van der Waals surface area contributed by atoms with E-state index in [9.17, 15) is 5.11 Å². The molecule has 2 heteroatoms. The van der Waals surface area contributed by atoms with Crippen LogP contribution in [0.3, 0.4) is 0 Å². The van der Waals surface area contributed by atoms with Crippen molar-refractivity contribution >= 4 is 11.8 Å². The first-order valence-electron chi connectivity index (χ1n) is 5.45. The normalized spacial score (nSPS) is 16.3. The number of hydrogen-bond acceptors (Lipinski definition) is 2. The largest absolute Gasteiger partial charge is 0.386 e. The van der Waals surface area contributed by atoms with Gasteiger partial charge in [0.05, 0.1) is 5.60 Å². The van der Waals surface area contributed by atoms with Gasteiger partial charge < -0.3 is 5.11 Å². The standard InChI is InChI=1S/C14H20OS/c1-13(2,3)14(4,15)10-11-16-12-8-6-5-7-9-12/h5-11,15H,1-4H3/b11-10+. The Morgan fingerprint density at radius 1 is 1.06 bits per heavy atom. The summed E-state index contributed by atoms with van der Waals surface area (Å²) in [7, 11) is 0. The van der Waals surface area contributed by atoms with Crippen LogP contribution in [0, 0.1) is 5.41 Å². The van der Waals surface area contributed by atoms with Crippen LogP contribution in [0.1, 0.15) is 27.7 Å². The number of thioether (sulfide) groups is 1. The summed E-state index contributed by atoms with van der Waals surface area (Å²) in [5, 5.41) is 12.2. The van der Waals surface area contributed by atoms with Crippen LogP contribution in [0.4, 0.5) is 0 Å². The van der Waals surface area contributed by atoms with Crippen molar-refractivity contribution in [1.82, 2.24) is 0 Å². The van der Waals surface area contributed by atoms with Gasteiger partial charge in [0, 0.05) is 4.90 Å². The molecule has 1 rings (SSSR count). The predicted octanol–water partition coefficient (Wildman–Crippen LogP) is 4.09. The monoisotopic (exact) mass is 236 g/mol. The lowest BCUT2D eigenvalue weighted by Gasteiger charge is -2.34. The lowest BCUT2D eigenvalue weighted by Crippen LogP contribution is -2.37. The van der Waals surface area contributed by atoms with Gasteiger partial charge in [-0.15, -0.1) is 0 Å². The number of benzene rings is 1. The van der Waals surface area contributed by atoms with Gasteiger partial charge in [0.1, 0.15) is 0 Å². The molecule has 0 aromatic heterocycles. The highest BCUT2D eigenvalue weighted by atomic mass is 32.2. The van der Waals surface area contributed by atoms with Gasteiger partial charge in [-0.2, -0.15) is 0 Å². The molecule has 1 unspecified atom stereocenters. The molecule has 0 spiro atoms. The summed E-state index contributed by atoms with van der Waals surface area (Å²) in [5.41, 5.74) is -0.935. The topological polar surface area (TPSA) is 20.2 Å². The van der Waals surface area contributed by atoms with Crippen LogP contribution in [0.2, 0.25) is 0 Å². The van der Waals surface area contributed by atoms with E-state index in [-0.39, 0.29) is 5.41 Å². The molecule has 0 aliphatic rings. The van der Waals surface area contributed by atoms with E-state index < -0.39 is 5.60 Å². The molecule has 0 saturated carbocycles. The molecule has 1 aromatic rings. The number of aliphatic hydroxyl groups is 1. The van der Waals surface area contributed by atoms with E-state index >= 15 is 0 Å². The summed E-state index contributed by atoms with van der Waals surface area (Å²) >= 11 is 1.62. The molecule has 0 amide bonds. The second kappa shape index (κ2) is 5.07. The summed E-state index contributed by atoms with van der Waals surface area (Å²) < 4.78 is 0. The van der Waals surface area contributed by atoms with Crippen molar-refractivity contribution in [3.8, 4) is 0 Å². The Hall–Kier alpha value is -0.730. The molecule has 0 heterocycles. The van der Waals surface area contributed by atoms with Gasteiger partial charge in [-0.1, -0.05) is 50.7 Å². The van der Waals surface area contributed by atoms with Crippen molar-refractivity contribution in [3.05, 3.63) is 41.8 Å². The van der Waals surface area contributed by atoms with Crippen LogP contribution in [0.5, 0.6) is 0 Å². The Morgan fingerprint density at radius 2 is 1.62 bits per heavy atom. The highest BCUT2D eigenvalue weighted by Crippen LogP contribution is 2.32. The maximum Gasteiger partial charge on any atom is 0.0855 e. The molecule has 0 saturated heterocycles. The van der Waals surface area contributed by atoms with Crippen molar-refractivity contribution in [2.75, 3.05) is 0 Å². The lowest BCUT2D eigenvalue weighted by atomic mass is 9.78. The van der Waals surface area contributed by atoms with Gasteiger partial charge >= 0.3 is 0 Å². The first-order valence-corrected chi connectivity index (χ1v) is 6.33. The van der Waals surface area contributed by atoms with Gasteiger partial charge in [0.2, 0.25) is 0 Å². The molecular weight excluding hydrogens is 216 g/mol. The number of hydrogen-bond donors (Lipinski definition) is 1. The van der Waals surface area contributed by atoms with E-state index in [1.54, 1.807) is 11.8 Å². The number of rotatable bonds is 3. The molecule has 0 aliphatic heterocycles. The second-order valence-corrected chi connectivity index (χ2v) is 6.11. The van der Waals surface area contributed by atoms with Crippen molar-refractivity contribution in [2.24, 2.45) is 5.41 Å². The van der Waals surface area contributed by atoms with E-state index in [0.717, 1.165) is 0 Å². The van der Waals surface area contributed by atoms with Crippen LogP contribution in [0.15, 0.2) is 46.7 Å². The van der Waals surface area contributed by atoms with Crippen molar-refractivity contribution < 1.29 is 5.11 Å². The minimum Gasteiger partial charge on any atom is -0.386 e. The summed E-state index contributed by atoms with van der Waals surface area (Å²) in [4.78, 5) is 1.18. The van der Waals surface area contributed by atoms with Crippen LogP contribution >= 0.6 is 11.8 Å². The van der Waals surface area contributed by atoms with Crippen LogP contribution in [0.25, 0.3) is 0 Å². The molecule has 0 fully saturated rings. The molecule has 0 bridgehead atoms. The molecule has 0 radical (unpaired) electrons. The fourth-order valence-corrected chi connectivity index (χ4v) is 1.80. The molecule has 1 N–H and O–H groups in total. The quantitative estimate of drug-likeness (QED) is 0.798. The Kier molecular flexibility index (Phi) is 4.22. The van der Waals surface area contributed by atoms with Gasteiger partial charge in [-0.3, -0.25) is 0 Å². The molecular formula is C14H20OS. The predicted molar refractivity (Wildman–Crippen MR) is 71.5 cm³/mol. The fourth-order valence-electron chi connectivity index (χ4n) is 0.994. The van der Waals surface area contributed by atoms with E-state index in [2.05, 4.69) is 12.1 Å². The van der Waals surface area contributed by atoms with Crippen molar-refractivity contribution in [3.63, 3.8) is 0 Å². The minimum absolute atomic E-state index is 0.152. The maximum absolute atomic E-state index is 10.2. The first kappa shape index (κ1) is 13.3. The van der Waals surface area contributed by atoms with Crippen LogP contribution in [-0.2, 0) is 0 Å². The van der Waals surface area contributed by atoms with E-state index in [1.165, 1.54) is 4.90 Å². The fraction of sp³-hybridized carbons (Fsp3) is 0.429. The Labute approximate surface area is 103 Å². The van der Waals surface area contributed by atoms with E-state index in [4.69, 9.17) is 0 Å². The Bertz CT molecular complexity index is 347. The van der Waals surface area contributed by atoms with Gasteiger partial charge in [0.15, 0.2) is 0 Å². The summed E-state index contributed by atoms with van der Waals surface area (Å²) in [6.45, 7) is 7.94. The van der Waals surface area contributed by atoms with Crippen molar-refractivity contribution in [2.45, 2.75) is 38.2 Å². The zero-order valence-electron chi connectivity index (χ0n) is 10.4. The maximum atomic E-state index is 10.2. The van der Waals surface area contributed by atoms with E-state index in [1.807, 2.05) is 57.4 Å². The van der Waals surface area contributed by atoms with Gasteiger partial charge in [0.25, 0.3) is 0 Å². The zero-order valence-corrected chi connectivity index (χ0v) is 11.2. The van der Waals surface area contributed by atoms with Crippen molar-refractivity contribution in [1.29, 1.82) is 0 Å². The third-order valence-corrected chi connectivity index (χ3v) is 3.67. The second-order valence-electron chi connectivity index (χ2n) is 5.13. The average molecular weight is 236 g/mol. The molecule has 1 atom stereocenters. The van der Waals surface area contributed by atoms with Crippen LogP contribution in [-0.4, -0.2) is 10.7 Å². The minimum atomic E-state index is -0.783. The smallest absolute Gasteiger partial charge is 0.0855 e. The summed E-state index contributed by atoms with van der Waals surface area (Å²) in [5.74, 6) is 0. The highest BCUT2D eigenvalue weighted by Gasteiger charge is 2.32. The highest BCUT2D eigenvalue weighted by molar-refractivity contribution is 8.02. The third kappa shape index (κ3) is 3.69. The Balaban J connectivity index is 2.62. The lowest BCUT2D eigenvalue weighted by molar-refractivity contribution is 0.00382. The Morgan fingerprint density at radius 3 is 2.12 bits per heavy atom. The molecule has 0 aliphatic carbocycles. The van der Waals surface area contributed by atoms with Gasteiger partial charge in [-0.25, -0.2) is 0 Å². The summed E-state index contributed by atoms with van der Waals surface area (Å²) in [6.07, 6.45) is 1.87. The van der Waals surface area contributed by atoms with E-state index in [0.29, 0.717) is 0 Å². The zero-order chi connectivity index (χ0) is 12.2. The molecule has 16 heavy (non-hydrogen) atoms. The molecule has 1 aromatic carbocycles. The molecule has 88 valence electrons. The third-order valence-electron chi connectivity index (χ3n) is 2.86. The first-order chi connectivity index (χ1) is 7.33. The SMILES string of the molecule is CC(C)(C)C(C)(O)/C=C/Sc1ccccc1. The average Bonchev–Trinajstić information content (AvgIpc) is 2.17. The molecule has 1 nitrogen and oxygen atoms in total.